The van der Waals surface area contributed by atoms with Gasteiger partial charge in [-0.25, -0.2) is 0 Å². The summed E-state index contributed by atoms with van der Waals surface area (Å²) >= 11 is 9.48. The molecule has 4 heteroatoms. The van der Waals surface area contributed by atoms with E-state index in [1.54, 1.807) is 18.2 Å². The molecule has 0 unspecified atom stereocenters. The summed E-state index contributed by atoms with van der Waals surface area (Å²) in [7, 11) is 0. The van der Waals surface area contributed by atoms with Gasteiger partial charge in [-0.05, 0) is 49.2 Å². The number of aryl methyl sites for hydroxylation is 2. The topological polar surface area (TPSA) is 29.1 Å². The number of nitrogens with one attached hydrogen (secondary N) is 1. The van der Waals surface area contributed by atoms with Crippen molar-refractivity contribution in [2.45, 2.75) is 13.8 Å². The molecule has 0 aliphatic rings. The van der Waals surface area contributed by atoms with E-state index in [2.05, 4.69) is 21.2 Å². The highest BCUT2D eigenvalue weighted by Crippen LogP contribution is 2.24. The molecule has 2 aromatic carbocycles. The smallest absolute Gasteiger partial charge is 0.255 e. The largest absolute Gasteiger partial charge is 0.321 e. The molecule has 19 heavy (non-hydrogen) atoms. The van der Waals surface area contributed by atoms with Gasteiger partial charge in [0, 0.05) is 10.0 Å². The van der Waals surface area contributed by atoms with Crippen LogP contribution in [0.5, 0.6) is 0 Å². The molecule has 0 heterocycles. The first-order chi connectivity index (χ1) is 8.97. The van der Waals surface area contributed by atoms with Crippen LogP contribution in [0, 0.1) is 13.8 Å². The number of carbonyl (C=O) groups is 1. The molecule has 0 saturated heterocycles. The van der Waals surface area contributed by atoms with Crippen molar-refractivity contribution in [3.05, 3.63) is 62.6 Å². The van der Waals surface area contributed by atoms with Gasteiger partial charge in [-0.15, -0.1) is 0 Å². The maximum Gasteiger partial charge on any atom is 0.255 e. The van der Waals surface area contributed by atoms with Gasteiger partial charge in [0.05, 0.1) is 10.7 Å². The predicted molar refractivity (Wildman–Crippen MR) is 83.0 cm³/mol. The molecule has 0 aromatic heterocycles. The molecule has 0 fully saturated rings. The second-order valence-corrected chi connectivity index (χ2v) is 5.66. The van der Waals surface area contributed by atoms with E-state index in [-0.39, 0.29) is 5.91 Å². The molecule has 1 N–H and O–H groups in total. The van der Waals surface area contributed by atoms with Gasteiger partial charge in [0.1, 0.15) is 0 Å². The van der Waals surface area contributed by atoms with Gasteiger partial charge < -0.3 is 5.32 Å². The molecule has 1 amide bonds. The van der Waals surface area contributed by atoms with Crippen LogP contribution >= 0.6 is 27.5 Å². The minimum absolute atomic E-state index is 0.173. The van der Waals surface area contributed by atoms with Crippen LogP contribution in [0.1, 0.15) is 21.5 Å². The van der Waals surface area contributed by atoms with Gasteiger partial charge in [-0.2, -0.15) is 0 Å². The molecule has 2 aromatic rings. The molecular formula is C15H13BrClNO. The first-order valence-corrected chi connectivity index (χ1v) is 6.98. The van der Waals surface area contributed by atoms with E-state index >= 15 is 0 Å². The summed E-state index contributed by atoms with van der Waals surface area (Å²) in [5, 5.41) is 3.35. The molecule has 0 saturated carbocycles. The minimum Gasteiger partial charge on any atom is -0.321 e. The van der Waals surface area contributed by atoms with E-state index < -0.39 is 0 Å². The fourth-order valence-electron chi connectivity index (χ4n) is 1.66. The summed E-state index contributed by atoms with van der Waals surface area (Å²) in [4.78, 5) is 12.2. The summed E-state index contributed by atoms with van der Waals surface area (Å²) in [5.74, 6) is -0.173. The Morgan fingerprint density at radius 2 is 1.89 bits per heavy atom. The fourth-order valence-corrected chi connectivity index (χ4v) is 2.21. The molecule has 0 bridgehead atoms. The van der Waals surface area contributed by atoms with E-state index in [4.69, 9.17) is 11.6 Å². The van der Waals surface area contributed by atoms with Crippen molar-refractivity contribution in [3.63, 3.8) is 0 Å². The Bertz CT molecular complexity index is 640. The lowest BCUT2D eigenvalue weighted by Crippen LogP contribution is -2.12. The van der Waals surface area contributed by atoms with Gasteiger partial charge in [-0.1, -0.05) is 39.7 Å². The molecule has 0 radical (unpaired) electrons. The number of halogens is 2. The monoisotopic (exact) mass is 337 g/mol. The zero-order valence-corrected chi connectivity index (χ0v) is 13.0. The van der Waals surface area contributed by atoms with Gasteiger partial charge in [0.2, 0.25) is 0 Å². The number of hydrogen-bond donors (Lipinski definition) is 1. The number of carbonyl (C=O) groups excluding carboxylic acids is 1. The fraction of sp³-hybridized carbons (Fsp3) is 0.133. The third-order valence-corrected chi connectivity index (χ3v) is 3.99. The number of hydrogen-bond acceptors (Lipinski definition) is 1. The van der Waals surface area contributed by atoms with Crippen molar-refractivity contribution in [1.82, 2.24) is 0 Å². The van der Waals surface area contributed by atoms with Crippen LogP contribution in [0.15, 0.2) is 40.9 Å². The minimum atomic E-state index is -0.173. The first-order valence-electron chi connectivity index (χ1n) is 5.81. The van der Waals surface area contributed by atoms with Crippen molar-refractivity contribution in [2.24, 2.45) is 0 Å². The predicted octanol–water partition coefficient (Wildman–Crippen LogP) is 4.97. The zero-order chi connectivity index (χ0) is 14.0. The van der Waals surface area contributed by atoms with Gasteiger partial charge >= 0.3 is 0 Å². The Balaban J connectivity index is 2.25. The van der Waals surface area contributed by atoms with E-state index in [0.29, 0.717) is 16.3 Å². The van der Waals surface area contributed by atoms with Crippen LogP contribution in [0.2, 0.25) is 5.02 Å². The molecule has 0 atom stereocenters. The first kappa shape index (κ1) is 14.1. The van der Waals surface area contributed by atoms with Crippen molar-refractivity contribution >= 4 is 39.1 Å². The van der Waals surface area contributed by atoms with E-state index in [1.165, 1.54) is 0 Å². The third kappa shape index (κ3) is 3.37. The SMILES string of the molecule is Cc1ccc(Cl)c(NC(=O)c2ccc(C)c(Br)c2)c1. The van der Waals surface area contributed by atoms with Crippen molar-refractivity contribution in [3.8, 4) is 0 Å². The van der Waals surface area contributed by atoms with Crippen molar-refractivity contribution < 1.29 is 4.79 Å². The molecule has 0 aliphatic heterocycles. The van der Waals surface area contributed by atoms with Gasteiger partial charge in [-0.3, -0.25) is 4.79 Å². The lowest BCUT2D eigenvalue weighted by molar-refractivity contribution is 0.102. The summed E-state index contributed by atoms with van der Waals surface area (Å²) in [6, 6.07) is 11.0. The average molecular weight is 339 g/mol. The summed E-state index contributed by atoms with van der Waals surface area (Å²) in [6.45, 7) is 3.93. The van der Waals surface area contributed by atoms with E-state index in [0.717, 1.165) is 15.6 Å². The van der Waals surface area contributed by atoms with Crippen LogP contribution < -0.4 is 5.32 Å². The number of benzene rings is 2. The van der Waals surface area contributed by atoms with E-state index in [9.17, 15) is 4.79 Å². The van der Waals surface area contributed by atoms with Crippen molar-refractivity contribution in [2.75, 3.05) is 5.32 Å². The number of amides is 1. The van der Waals surface area contributed by atoms with E-state index in [1.807, 2.05) is 32.0 Å². The standard InChI is InChI=1S/C15H13BrClNO/c1-9-3-6-13(17)14(7-9)18-15(19)11-5-4-10(2)12(16)8-11/h3-8H,1-2H3,(H,18,19). The highest BCUT2D eigenvalue weighted by Gasteiger charge is 2.09. The van der Waals surface area contributed by atoms with Crippen LogP contribution in [0.3, 0.4) is 0 Å². The third-order valence-electron chi connectivity index (χ3n) is 2.80. The molecular weight excluding hydrogens is 326 g/mol. The Morgan fingerprint density at radius 1 is 1.16 bits per heavy atom. The maximum absolute atomic E-state index is 12.2. The van der Waals surface area contributed by atoms with Crippen molar-refractivity contribution in [1.29, 1.82) is 0 Å². The molecule has 2 rings (SSSR count). The summed E-state index contributed by atoms with van der Waals surface area (Å²) in [5.41, 5.74) is 3.35. The quantitative estimate of drug-likeness (QED) is 0.823. The summed E-state index contributed by atoms with van der Waals surface area (Å²) < 4.78 is 0.912. The van der Waals surface area contributed by atoms with Crippen LogP contribution in [-0.2, 0) is 0 Å². The second kappa shape index (κ2) is 5.76. The Labute approximate surface area is 125 Å². The second-order valence-electron chi connectivity index (χ2n) is 4.40. The Morgan fingerprint density at radius 3 is 2.58 bits per heavy atom. The molecule has 0 spiro atoms. The zero-order valence-electron chi connectivity index (χ0n) is 10.6. The van der Waals surface area contributed by atoms with Crippen LogP contribution in [-0.4, -0.2) is 5.91 Å². The van der Waals surface area contributed by atoms with Gasteiger partial charge in [0.15, 0.2) is 0 Å². The number of anilines is 1. The number of rotatable bonds is 2. The maximum atomic E-state index is 12.2. The normalized spacial score (nSPS) is 10.3. The molecule has 2 nitrogen and oxygen atoms in total. The Hall–Kier alpha value is -1.32. The Kier molecular flexibility index (Phi) is 4.27. The lowest BCUT2D eigenvalue weighted by atomic mass is 10.1. The highest BCUT2D eigenvalue weighted by atomic mass is 79.9. The summed E-state index contributed by atoms with van der Waals surface area (Å²) in [6.07, 6.45) is 0. The van der Waals surface area contributed by atoms with Crippen LogP contribution in [0.4, 0.5) is 5.69 Å². The lowest BCUT2D eigenvalue weighted by Gasteiger charge is -2.09. The molecule has 98 valence electrons. The average Bonchev–Trinajstić information content (AvgIpc) is 2.37. The van der Waals surface area contributed by atoms with Crippen LogP contribution in [0.25, 0.3) is 0 Å². The van der Waals surface area contributed by atoms with Gasteiger partial charge in [0.25, 0.3) is 5.91 Å². The molecule has 0 aliphatic carbocycles. The highest BCUT2D eigenvalue weighted by molar-refractivity contribution is 9.10.